The van der Waals surface area contributed by atoms with E-state index in [0.717, 1.165) is 5.56 Å². The van der Waals surface area contributed by atoms with Crippen molar-refractivity contribution in [1.82, 2.24) is 10.2 Å². The number of hydrogen-bond donors (Lipinski definition) is 2. The molecule has 2 heterocycles. The van der Waals surface area contributed by atoms with Crippen LogP contribution in [-0.4, -0.2) is 34.2 Å². The Bertz CT molecular complexity index is 1620. The van der Waals surface area contributed by atoms with E-state index in [1.165, 1.54) is 47.4 Å². The van der Waals surface area contributed by atoms with Gasteiger partial charge in [-0.2, -0.15) is 5.26 Å². The number of aromatic nitrogens is 2. The number of hydrogen-bond acceptors (Lipinski definition) is 10. The van der Waals surface area contributed by atoms with Crippen molar-refractivity contribution in [1.29, 1.82) is 5.26 Å². The molecule has 1 aliphatic heterocycles. The third-order valence-electron chi connectivity index (χ3n) is 6.95. The maximum atomic E-state index is 13.7. The first-order valence-electron chi connectivity index (χ1n) is 13.3. The van der Waals surface area contributed by atoms with E-state index in [9.17, 15) is 19.2 Å². The zero-order valence-corrected chi connectivity index (χ0v) is 24.9. The van der Waals surface area contributed by atoms with Gasteiger partial charge in [0, 0.05) is 23.4 Å². The highest BCUT2D eigenvalue weighted by molar-refractivity contribution is 8.01. The van der Waals surface area contributed by atoms with Crippen LogP contribution >= 0.6 is 23.1 Å². The Morgan fingerprint density at radius 1 is 1.21 bits per heavy atom. The molecule has 3 N–H and O–H groups in total. The summed E-state index contributed by atoms with van der Waals surface area (Å²) >= 11 is 2.41. The highest BCUT2D eigenvalue weighted by atomic mass is 32.2. The molecule has 5 rings (SSSR count). The number of benzene rings is 2. The van der Waals surface area contributed by atoms with Crippen molar-refractivity contribution >= 4 is 45.6 Å². The molecule has 12 heteroatoms. The first-order valence-corrected chi connectivity index (χ1v) is 15.1. The van der Waals surface area contributed by atoms with Crippen LogP contribution < -0.4 is 20.7 Å². The molecule has 1 unspecified atom stereocenters. The number of ketones is 1. The minimum absolute atomic E-state index is 0.0398. The number of nitrogens with one attached hydrogen (secondary N) is 1. The molecule has 0 saturated carbocycles. The van der Waals surface area contributed by atoms with E-state index in [-0.39, 0.29) is 40.1 Å². The number of ether oxygens (including phenoxy) is 1. The number of nitrogens with zero attached hydrogens (tertiary/aromatic N) is 4. The van der Waals surface area contributed by atoms with Gasteiger partial charge in [-0.25, -0.2) is 4.39 Å². The first kappa shape index (κ1) is 29.3. The number of thioether (sulfide) groups is 1. The number of nitrogens with two attached hydrogens (primary N) is 1. The molecule has 2 aromatic carbocycles. The lowest BCUT2D eigenvalue weighted by molar-refractivity contribution is -0.118. The van der Waals surface area contributed by atoms with Gasteiger partial charge in [0.1, 0.15) is 17.4 Å². The fourth-order valence-corrected chi connectivity index (χ4v) is 6.87. The number of carbonyl (C=O) groups is 2. The van der Waals surface area contributed by atoms with Crippen molar-refractivity contribution in [3.8, 4) is 11.8 Å². The number of Topliss-reactive ketones (excluding diaryl/α,β-unsaturated/α-hetero) is 1. The second kappa shape index (κ2) is 12.0. The predicted octanol–water partition coefficient (Wildman–Crippen LogP) is 5.75. The molecule has 0 spiro atoms. The van der Waals surface area contributed by atoms with Crippen LogP contribution in [0, 0.1) is 22.6 Å². The molecule has 0 radical (unpaired) electrons. The lowest BCUT2D eigenvalue weighted by Gasteiger charge is -2.42. The van der Waals surface area contributed by atoms with Crippen LogP contribution in [0.15, 0.2) is 75.5 Å². The third-order valence-corrected chi connectivity index (χ3v) is 8.99. The molecule has 1 aromatic heterocycles. The van der Waals surface area contributed by atoms with E-state index < -0.39 is 5.92 Å². The van der Waals surface area contributed by atoms with Crippen LogP contribution in [0.3, 0.4) is 0 Å². The summed E-state index contributed by atoms with van der Waals surface area (Å²) in [7, 11) is 0. The van der Waals surface area contributed by atoms with E-state index in [4.69, 9.17) is 10.5 Å². The maximum Gasteiger partial charge on any atom is 0.234 e. The van der Waals surface area contributed by atoms with Crippen LogP contribution in [-0.2, 0) is 9.59 Å². The van der Waals surface area contributed by atoms with Crippen molar-refractivity contribution in [2.24, 2.45) is 11.1 Å². The summed E-state index contributed by atoms with van der Waals surface area (Å²) in [5.74, 6) is -0.372. The van der Waals surface area contributed by atoms with Crippen LogP contribution in [0.1, 0.15) is 45.1 Å². The molecule has 2 aliphatic rings. The number of halogens is 1. The Balaban J connectivity index is 1.45. The summed E-state index contributed by atoms with van der Waals surface area (Å²) in [4.78, 5) is 27.8. The van der Waals surface area contributed by atoms with Gasteiger partial charge in [-0.15, -0.1) is 10.2 Å². The van der Waals surface area contributed by atoms with Gasteiger partial charge in [-0.05, 0) is 60.7 Å². The van der Waals surface area contributed by atoms with Crippen LogP contribution in [0.25, 0.3) is 0 Å². The van der Waals surface area contributed by atoms with Gasteiger partial charge >= 0.3 is 0 Å². The molecule has 1 amide bonds. The van der Waals surface area contributed by atoms with Gasteiger partial charge in [-0.3, -0.25) is 14.5 Å². The molecule has 0 bridgehead atoms. The molecule has 1 aliphatic carbocycles. The minimum Gasteiger partial charge on any atom is -0.494 e. The van der Waals surface area contributed by atoms with Crippen molar-refractivity contribution in [3.05, 3.63) is 82.6 Å². The van der Waals surface area contributed by atoms with Crippen LogP contribution in [0.2, 0.25) is 0 Å². The Morgan fingerprint density at radius 2 is 1.93 bits per heavy atom. The summed E-state index contributed by atoms with van der Waals surface area (Å²) in [6.07, 6.45) is 0.884. The molecule has 216 valence electrons. The summed E-state index contributed by atoms with van der Waals surface area (Å²) < 4.78 is 19.2. The maximum absolute atomic E-state index is 13.7. The fourth-order valence-electron chi connectivity index (χ4n) is 5.19. The monoisotopic (exact) mass is 604 g/mol. The normalized spacial score (nSPS) is 18.0. The van der Waals surface area contributed by atoms with Crippen molar-refractivity contribution in [2.45, 2.75) is 43.9 Å². The number of carbonyl (C=O) groups excluding carboxylic acids is 2. The average molecular weight is 605 g/mol. The Kier molecular flexibility index (Phi) is 8.34. The minimum atomic E-state index is -0.613. The van der Waals surface area contributed by atoms with Gasteiger partial charge in [0.25, 0.3) is 0 Å². The zero-order valence-electron chi connectivity index (χ0n) is 23.3. The number of anilines is 2. The quantitative estimate of drug-likeness (QED) is 0.308. The molecule has 3 aromatic rings. The molecule has 0 fully saturated rings. The first-order chi connectivity index (χ1) is 20.1. The molecule has 9 nitrogen and oxygen atoms in total. The highest BCUT2D eigenvalue weighted by Crippen LogP contribution is 2.50. The van der Waals surface area contributed by atoms with E-state index in [1.54, 1.807) is 4.90 Å². The summed E-state index contributed by atoms with van der Waals surface area (Å²) in [5, 5.41) is 22.0. The number of nitriles is 1. The molecule has 42 heavy (non-hydrogen) atoms. The fraction of sp³-hybridized carbons (Fsp3) is 0.300. The van der Waals surface area contributed by atoms with Crippen molar-refractivity contribution < 1.29 is 18.7 Å². The van der Waals surface area contributed by atoms with Crippen LogP contribution in [0.4, 0.5) is 15.2 Å². The summed E-state index contributed by atoms with van der Waals surface area (Å²) in [6, 6.07) is 15.2. The van der Waals surface area contributed by atoms with Gasteiger partial charge in [-0.1, -0.05) is 49.1 Å². The van der Waals surface area contributed by atoms with Gasteiger partial charge in [0.05, 0.1) is 29.9 Å². The molecule has 0 saturated heterocycles. The van der Waals surface area contributed by atoms with Gasteiger partial charge in [0.2, 0.25) is 11.0 Å². The lowest BCUT2D eigenvalue weighted by Crippen LogP contribution is -2.42. The van der Waals surface area contributed by atoms with E-state index >= 15 is 0 Å². The Morgan fingerprint density at radius 3 is 2.60 bits per heavy atom. The number of allylic oxidation sites excluding steroid dienone is 3. The largest absolute Gasteiger partial charge is 0.494 e. The molecular formula is C30H29FN6O3S2. The average Bonchev–Trinajstić information content (AvgIpc) is 3.41. The van der Waals surface area contributed by atoms with E-state index in [0.29, 0.717) is 51.6 Å². The van der Waals surface area contributed by atoms with Gasteiger partial charge < -0.3 is 15.8 Å². The van der Waals surface area contributed by atoms with Crippen LogP contribution in [0.5, 0.6) is 5.75 Å². The number of rotatable bonds is 8. The summed E-state index contributed by atoms with van der Waals surface area (Å²) in [5.41, 5.74) is 9.12. The standard InChI is InChI=1S/C30H29FN6O3S2/c1-4-40-20-11-5-17(6-12-20)25-21(15-32)27(33)37(22-13-30(2,3)14-23(38)26(22)25)28-35-36-29(42-28)41-16-24(39)34-19-9-7-18(31)8-10-19/h5-12,25H,4,13-14,16,33H2,1-3H3,(H,34,39). The Labute approximate surface area is 251 Å². The topological polar surface area (TPSA) is 134 Å². The van der Waals surface area contributed by atoms with E-state index in [1.807, 2.05) is 45.0 Å². The molecule has 1 atom stereocenters. The van der Waals surface area contributed by atoms with Gasteiger partial charge in [0.15, 0.2) is 10.1 Å². The third kappa shape index (κ3) is 6.03. The number of amides is 1. The Hall–Kier alpha value is -4.21. The second-order valence-electron chi connectivity index (χ2n) is 10.7. The smallest absolute Gasteiger partial charge is 0.234 e. The second-order valence-corrected chi connectivity index (χ2v) is 12.9. The SMILES string of the molecule is CCOc1ccc(C2C(C#N)=C(N)N(c3nnc(SCC(=O)Nc4ccc(F)cc4)s3)C3=C2C(=O)CC(C)(C)C3)cc1. The predicted molar refractivity (Wildman–Crippen MR) is 160 cm³/mol. The summed E-state index contributed by atoms with van der Waals surface area (Å²) in [6.45, 7) is 6.48. The highest BCUT2D eigenvalue weighted by Gasteiger charge is 2.45. The van der Waals surface area contributed by atoms with Crippen molar-refractivity contribution in [2.75, 3.05) is 22.6 Å². The molecular weight excluding hydrogens is 576 g/mol. The van der Waals surface area contributed by atoms with Crippen molar-refractivity contribution in [3.63, 3.8) is 0 Å². The lowest BCUT2D eigenvalue weighted by atomic mass is 9.68. The van der Waals surface area contributed by atoms with E-state index in [2.05, 4.69) is 21.6 Å². The zero-order chi connectivity index (χ0) is 30.0.